The molecule has 31 heavy (non-hydrogen) atoms. The summed E-state index contributed by atoms with van der Waals surface area (Å²) in [4.78, 5) is 27.7. The minimum Gasteiger partial charge on any atom is -0.379 e. The zero-order valence-corrected chi connectivity index (χ0v) is 18.7. The van der Waals surface area contributed by atoms with Crippen LogP contribution < -0.4 is 15.5 Å². The fourth-order valence-corrected chi connectivity index (χ4v) is 5.82. The smallest absolute Gasteiger partial charge is 0.228 e. The van der Waals surface area contributed by atoms with E-state index in [9.17, 15) is 4.79 Å². The Morgan fingerprint density at radius 2 is 2.06 bits per heavy atom. The van der Waals surface area contributed by atoms with Gasteiger partial charge in [0.1, 0.15) is 5.82 Å². The summed E-state index contributed by atoms with van der Waals surface area (Å²) in [6.45, 7) is 6.18. The molecule has 3 atom stereocenters. The predicted molar refractivity (Wildman–Crippen MR) is 120 cm³/mol. The molecule has 3 heterocycles. The Kier molecular flexibility index (Phi) is 6.01. The molecule has 0 aromatic carbocycles. The van der Waals surface area contributed by atoms with Gasteiger partial charge in [-0.15, -0.1) is 0 Å². The summed E-state index contributed by atoms with van der Waals surface area (Å²) in [6.07, 6.45) is 8.47. The van der Waals surface area contributed by atoms with Gasteiger partial charge in [-0.25, -0.2) is 4.98 Å². The summed E-state index contributed by atoms with van der Waals surface area (Å²) in [5.74, 6) is 2.92. The molecule has 5 rings (SSSR count). The molecule has 4 aliphatic rings. The van der Waals surface area contributed by atoms with Crippen molar-refractivity contribution in [3.8, 4) is 0 Å². The van der Waals surface area contributed by atoms with Crippen molar-refractivity contribution < 1.29 is 9.53 Å². The molecule has 1 aromatic rings. The van der Waals surface area contributed by atoms with E-state index < -0.39 is 0 Å². The number of anilines is 2. The number of amides is 1. The summed E-state index contributed by atoms with van der Waals surface area (Å²) in [7, 11) is 1.87. The summed E-state index contributed by atoms with van der Waals surface area (Å²) in [5, 5.41) is 6.44. The third-order valence-electron chi connectivity index (χ3n) is 7.93. The first kappa shape index (κ1) is 20.9. The third kappa shape index (κ3) is 4.37. The lowest BCUT2D eigenvalue weighted by Gasteiger charge is -2.53. The van der Waals surface area contributed by atoms with E-state index in [1.807, 2.05) is 13.1 Å². The Morgan fingerprint density at radius 3 is 2.84 bits per heavy atom. The molecule has 2 aliphatic heterocycles. The largest absolute Gasteiger partial charge is 0.379 e. The van der Waals surface area contributed by atoms with Gasteiger partial charge in [0.2, 0.25) is 11.9 Å². The van der Waals surface area contributed by atoms with E-state index in [0.717, 1.165) is 83.4 Å². The van der Waals surface area contributed by atoms with Crippen LogP contribution in [0.15, 0.2) is 12.3 Å². The fourth-order valence-electron chi connectivity index (χ4n) is 5.82. The summed E-state index contributed by atoms with van der Waals surface area (Å²) in [6, 6.07) is 2.45. The number of rotatable bonds is 6. The number of nitrogens with one attached hydrogen (secondary N) is 2. The van der Waals surface area contributed by atoms with Gasteiger partial charge >= 0.3 is 0 Å². The second-order valence-corrected chi connectivity index (χ2v) is 9.79. The summed E-state index contributed by atoms with van der Waals surface area (Å²) < 4.78 is 5.57. The maximum absolute atomic E-state index is 13.6. The Hall–Kier alpha value is -1.93. The number of fused-ring (bicyclic) bond motifs is 1. The van der Waals surface area contributed by atoms with Gasteiger partial charge in [0.15, 0.2) is 0 Å². The monoisotopic (exact) mass is 428 g/mol. The van der Waals surface area contributed by atoms with Crippen molar-refractivity contribution in [3.63, 3.8) is 0 Å². The topological polar surface area (TPSA) is 82.6 Å². The van der Waals surface area contributed by atoms with Gasteiger partial charge in [-0.3, -0.25) is 9.69 Å². The molecule has 170 valence electrons. The van der Waals surface area contributed by atoms with Crippen LogP contribution in [0.4, 0.5) is 11.8 Å². The second-order valence-electron chi connectivity index (χ2n) is 9.79. The lowest BCUT2D eigenvalue weighted by Crippen LogP contribution is -2.61. The zero-order chi connectivity index (χ0) is 21.3. The number of hydrogen-bond acceptors (Lipinski definition) is 7. The maximum atomic E-state index is 13.6. The molecule has 4 fully saturated rings. The minimum atomic E-state index is -0.338. The quantitative estimate of drug-likeness (QED) is 0.714. The van der Waals surface area contributed by atoms with Gasteiger partial charge in [-0.2, -0.15) is 4.98 Å². The normalized spacial score (nSPS) is 31.7. The molecule has 0 spiro atoms. The first-order valence-corrected chi connectivity index (χ1v) is 12.0. The van der Waals surface area contributed by atoms with Crippen LogP contribution in [0.2, 0.25) is 0 Å². The van der Waals surface area contributed by atoms with Crippen molar-refractivity contribution in [1.82, 2.24) is 20.2 Å². The molecule has 2 saturated heterocycles. The number of carbonyl (C=O) groups excluding carboxylic acids is 1. The van der Waals surface area contributed by atoms with Crippen LogP contribution >= 0.6 is 0 Å². The first-order chi connectivity index (χ1) is 15.2. The van der Waals surface area contributed by atoms with Crippen molar-refractivity contribution in [2.45, 2.75) is 44.6 Å². The van der Waals surface area contributed by atoms with E-state index >= 15 is 0 Å². The molecule has 1 aromatic heterocycles. The number of morpholine rings is 1. The van der Waals surface area contributed by atoms with Gasteiger partial charge in [0.05, 0.1) is 18.6 Å². The Labute approximate surface area is 185 Å². The van der Waals surface area contributed by atoms with Gasteiger partial charge in [-0.05, 0) is 56.4 Å². The highest BCUT2D eigenvalue weighted by atomic mass is 16.5. The molecular weight excluding hydrogens is 392 g/mol. The van der Waals surface area contributed by atoms with Crippen molar-refractivity contribution in [3.05, 3.63) is 12.3 Å². The number of nitrogens with zero attached hydrogens (tertiary/aromatic N) is 4. The number of carbonyl (C=O) groups is 1. The van der Waals surface area contributed by atoms with E-state index in [0.29, 0.717) is 17.9 Å². The van der Waals surface area contributed by atoms with Gasteiger partial charge in [0, 0.05) is 52.0 Å². The molecular formula is C23H36N6O2. The van der Waals surface area contributed by atoms with Crippen LogP contribution in [0, 0.1) is 17.3 Å². The standard InChI is InChI=1S/C23H36N6O2/c1-24-20-5-8-25-22(27-20)29-9-6-18-14-19(28-10-12-31-13-11-28)4-7-23(18,16-29)21(30)26-15-17-2-3-17/h5,8,17-19H,2-4,6-7,9-16H2,1H3,(H,26,30)(H,24,25,27)/t18-,19+,23-/m1/s1. The molecule has 0 unspecified atom stereocenters. The third-order valence-corrected chi connectivity index (χ3v) is 7.93. The van der Waals surface area contributed by atoms with Crippen LogP contribution in [0.3, 0.4) is 0 Å². The van der Waals surface area contributed by atoms with Crippen LogP contribution in [0.5, 0.6) is 0 Å². The van der Waals surface area contributed by atoms with Crippen LogP contribution in [0.25, 0.3) is 0 Å². The van der Waals surface area contributed by atoms with Crippen molar-refractivity contribution in [2.75, 3.05) is 63.2 Å². The molecule has 2 saturated carbocycles. The van der Waals surface area contributed by atoms with E-state index in [1.165, 1.54) is 12.8 Å². The molecule has 1 amide bonds. The van der Waals surface area contributed by atoms with E-state index in [4.69, 9.17) is 4.74 Å². The van der Waals surface area contributed by atoms with Crippen LogP contribution in [0.1, 0.15) is 38.5 Å². The average Bonchev–Trinajstić information content (AvgIpc) is 3.67. The lowest BCUT2D eigenvalue weighted by atomic mass is 9.61. The fraction of sp³-hybridized carbons (Fsp3) is 0.783. The zero-order valence-electron chi connectivity index (χ0n) is 18.7. The number of ether oxygens (including phenoxy) is 1. The van der Waals surface area contributed by atoms with E-state index in [-0.39, 0.29) is 11.3 Å². The van der Waals surface area contributed by atoms with Crippen LogP contribution in [-0.2, 0) is 9.53 Å². The molecule has 8 nitrogen and oxygen atoms in total. The Balaban J connectivity index is 1.35. The Morgan fingerprint density at radius 1 is 1.23 bits per heavy atom. The number of piperidine rings is 1. The highest BCUT2D eigenvalue weighted by molar-refractivity contribution is 5.84. The van der Waals surface area contributed by atoms with Crippen LogP contribution in [-0.4, -0.2) is 79.8 Å². The highest BCUT2D eigenvalue weighted by Crippen LogP contribution is 2.48. The second kappa shape index (κ2) is 8.90. The maximum Gasteiger partial charge on any atom is 0.228 e. The SMILES string of the molecule is CNc1ccnc(N2CC[C@@H]3C[C@@H](N4CCOCC4)CC[C@@]3(C(=O)NCC3CC3)C2)n1. The highest BCUT2D eigenvalue weighted by Gasteiger charge is 2.53. The summed E-state index contributed by atoms with van der Waals surface area (Å²) in [5.41, 5.74) is -0.338. The van der Waals surface area contributed by atoms with Gasteiger partial charge in [0.25, 0.3) is 0 Å². The molecule has 2 N–H and O–H groups in total. The predicted octanol–water partition coefficient (Wildman–Crippen LogP) is 1.74. The number of hydrogen-bond donors (Lipinski definition) is 2. The number of aromatic nitrogens is 2. The van der Waals surface area contributed by atoms with Crippen molar-refractivity contribution >= 4 is 17.7 Å². The molecule has 0 radical (unpaired) electrons. The lowest BCUT2D eigenvalue weighted by molar-refractivity contribution is -0.139. The van der Waals surface area contributed by atoms with Crippen molar-refractivity contribution in [2.24, 2.45) is 17.3 Å². The summed E-state index contributed by atoms with van der Waals surface area (Å²) >= 11 is 0. The first-order valence-electron chi connectivity index (χ1n) is 12.0. The Bertz CT molecular complexity index is 781. The molecule has 8 heteroatoms. The molecule has 0 bridgehead atoms. The van der Waals surface area contributed by atoms with E-state index in [1.54, 1.807) is 6.20 Å². The average molecular weight is 429 g/mol. The molecule has 2 aliphatic carbocycles. The van der Waals surface area contributed by atoms with E-state index in [2.05, 4.69) is 30.4 Å². The van der Waals surface area contributed by atoms with Gasteiger partial charge < -0.3 is 20.3 Å². The minimum absolute atomic E-state index is 0.263. The van der Waals surface area contributed by atoms with Crippen molar-refractivity contribution in [1.29, 1.82) is 0 Å². The van der Waals surface area contributed by atoms with Gasteiger partial charge in [-0.1, -0.05) is 0 Å².